The summed E-state index contributed by atoms with van der Waals surface area (Å²) in [6.07, 6.45) is -0.135. The summed E-state index contributed by atoms with van der Waals surface area (Å²) < 4.78 is 22.6. The smallest absolute Gasteiger partial charge is 0.293 e. The van der Waals surface area contributed by atoms with Crippen molar-refractivity contribution in [2.45, 2.75) is 11.3 Å². The van der Waals surface area contributed by atoms with Gasteiger partial charge in [0.05, 0.1) is 9.82 Å². The van der Waals surface area contributed by atoms with Crippen molar-refractivity contribution < 1.29 is 22.9 Å². The van der Waals surface area contributed by atoms with Crippen LogP contribution >= 0.6 is 11.6 Å². The Morgan fingerprint density at radius 1 is 1.14 bits per heavy atom. The molecule has 0 aliphatic rings. The molecule has 0 aliphatic heterocycles. The van der Waals surface area contributed by atoms with E-state index in [1.165, 1.54) is 18.2 Å². The number of primary sulfonamides is 1. The quantitative estimate of drug-likeness (QED) is 0.368. The van der Waals surface area contributed by atoms with Crippen LogP contribution in [0, 0.1) is 10.1 Å². The number of amides is 2. The number of benzene rings is 2. The molecule has 154 valence electrons. The summed E-state index contributed by atoms with van der Waals surface area (Å²) in [5.41, 5.74) is 4.17. The number of carbonyl (C=O) groups excluding carboxylic acids is 2. The first-order valence-electron chi connectivity index (χ1n) is 7.98. The Kier molecular flexibility index (Phi) is 7.09. The Morgan fingerprint density at radius 3 is 2.48 bits per heavy atom. The van der Waals surface area contributed by atoms with Crippen molar-refractivity contribution in [3.05, 3.63) is 63.2 Å². The molecule has 11 nitrogen and oxygen atoms in total. The SMILES string of the molecule is NS(=O)(=O)c1ccc(NCCC(=O)NNC(=O)c2cccc(Cl)c2)c([N+](=O)[O-])c1. The maximum absolute atomic E-state index is 11.9. The fraction of sp³-hybridized carbons (Fsp3) is 0.125. The van der Waals surface area contributed by atoms with Crippen LogP contribution in [0.25, 0.3) is 0 Å². The minimum atomic E-state index is -4.10. The van der Waals surface area contributed by atoms with Gasteiger partial charge in [-0.25, -0.2) is 13.6 Å². The van der Waals surface area contributed by atoms with Gasteiger partial charge in [0.25, 0.3) is 11.6 Å². The molecule has 13 heteroatoms. The third kappa shape index (κ3) is 6.41. The monoisotopic (exact) mass is 441 g/mol. The highest BCUT2D eigenvalue weighted by molar-refractivity contribution is 7.89. The zero-order valence-electron chi connectivity index (χ0n) is 14.7. The number of hydrogen-bond acceptors (Lipinski definition) is 7. The predicted octanol–water partition coefficient (Wildman–Crippen LogP) is 1.16. The molecule has 0 heterocycles. The number of halogens is 1. The highest BCUT2D eigenvalue weighted by atomic mass is 35.5. The van der Waals surface area contributed by atoms with Gasteiger partial charge in [-0.3, -0.25) is 30.6 Å². The van der Waals surface area contributed by atoms with E-state index in [-0.39, 0.29) is 24.2 Å². The van der Waals surface area contributed by atoms with Crippen LogP contribution in [0.3, 0.4) is 0 Å². The molecule has 0 fully saturated rings. The highest BCUT2D eigenvalue weighted by Crippen LogP contribution is 2.27. The van der Waals surface area contributed by atoms with Gasteiger partial charge in [-0.1, -0.05) is 17.7 Å². The van der Waals surface area contributed by atoms with Crippen molar-refractivity contribution in [3.8, 4) is 0 Å². The lowest BCUT2D eigenvalue weighted by atomic mass is 10.2. The maximum Gasteiger partial charge on any atom is 0.293 e. The summed E-state index contributed by atoms with van der Waals surface area (Å²) in [5, 5.41) is 19.1. The second kappa shape index (κ2) is 9.32. The van der Waals surface area contributed by atoms with E-state index in [0.717, 1.165) is 12.1 Å². The second-order valence-electron chi connectivity index (χ2n) is 5.67. The number of rotatable bonds is 7. The molecule has 2 rings (SSSR count). The summed E-state index contributed by atoms with van der Waals surface area (Å²) in [4.78, 5) is 33.7. The molecule has 2 aromatic carbocycles. The number of hydrogen-bond donors (Lipinski definition) is 4. The number of sulfonamides is 1. The standard InChI is InChI=1S/C16H16ClN5O6S/c17-11-3-1-2-10(8-11)16(24)21-20-15(23)6-7-19-13-5-4-12(29(18,27)28)9-14(13)22(25)26/h1-5,8-9,19H,6-7H2,(H,20,23)(H,21,24)(H2,18,27,28). The van der Waals surface area contributed by atoms with Gasteiger partial charge in [0.2, 0.25) is 15.9 Å². The van der Waals surface area contributed by atoms with E-state index < -0.39 is 37.3 Å². The molecule has 2 amide bonds. The Bertz CT molecular complexity index is 1060. The average molecular weight is 442 g/mol. The van der Waals surface area contributed by atoms with Crippen molar-refractivity contribution in [2.75, 3.05) is 11.9 Å². The van der Waals surface area contributed by atoms with Gasteiger partial charge in [-0.15, -0.1) is 0 Å². The number of nitro groups is 1. The van der Waals surface area contributed by atoms with Crippen molar-refractivity contribution in [3.63, 3.8) is 0 Å². The lowest BCUT2D eigenvalue weighted by Gasteiger charge is -2.10. The minimum absolute atomic E-state index is 0.0122. The van der Waals surface area contributed by atoms with Gasteiger partial charge in [0, 0.05) is 29.6 Å². The summed E-state index contributed by atoms with van der Waals surface area (Å²) >= 11 is 5.78. The summed E-state index contributed by atoms with van der Waals surface area (Å²) in [7, 11) is -4.10. The molecule has 0 atom stereocenters. The van der Waals surface area contributed by atoms with Crippen LogP contribution in [0.1, 0.15) is 16.8 Å². The van der Waals surface area contributed by atoms with Crippen molar-refractivity contribution >= 4 is 44.8 Å². The molecule has 0 aromatic heterocycles. The number of nitrogens with zero attached hydrogens (tertiary/aromatic N) is 1. The Morgan fingerprint density at radius 2 is 1.86 bits per heavy atom. The summed E-state index contributed by atoms with van der Waals surface area (Å²) in [6.45, 7) is -0.0194. The molecular weight excluding hydrogens is 426 g/mol. The van der Waals surface area contributed by atoms with E-state index in [4.69, 9.17) is 16.7 Å². The van der Waals surface area contributed by atoms with E-state index >= 15 is 0 Å². The molecule has 0 saturated heterocycles. The topological polar surface area (TPSA) is 174 Å². The van der Waals surface area contributed by atoms with Crippen molar-refractivity contribution in [1.29, 1.82) is 0 Å². The second-order valence-corrected chi connectivity index (χ2v) is 7.67. The third-order valence-electron chi connectivity index (χ3n) is 3.56. The molecule has 0 unspecified atom stereocenters. The Labute approximate surface area is 170 Å². The molecule has 0 bridgehead atoms. The maximum atomic E-state index is 11.9. The van der Waals surface area contributed by atoms with Crippen LogP contribution in [-0.2, 0) is 14.8 Å². The van der Waals surface area contributed by atoms with Gasteiger partial charge >= 0.3 is 0 Å². The average Bonchev–Trinajstić information content (AvgIpc) is 2.65. The normalized spacial score (nSPS) is 10.8. The van der Waals surface area contributed by atoms with E-state index in [1.54, 1.807) is 12.1 Å². The van der Waals surface area contributed by atoms with Crippen LogP contribution < -0.4 is 21.3 Å². The van der Waals surface area contributed by atoms with Gasteiger partial charge < -0.3 is 5.32 Å². The highest BCUT2D eigenvalue weighted by Gasteiger charge is 2.19. The molecule has 0 radical (unpaired) electrons. The van der Waals surface area contributed by atoms with E-state index in [1.807, 2.05) is 0 Å². The number of nitrogens with one attached hydrogen (secondary N) is 3. The van der Waals surface area contributed by atoms with Crippen LogP contribution in [0.15, 0.2) is 47.4 Å². The molecule has 2 aromatic rings. The van der Waals surface area contributed by atoms with E-state index in [0.29, 0.717) is 5.02 Å². The van der Waals surface area contributed by atoms with Gasteiger partial charge in [0.15, 0.2) is 0 Å². The van der Waals surface area contributed by atoms with E-state index in [9.17, 15) is 28.1 Å². The molecule has 0 spiro atoms. The fourth-order valence-electron chi connectivity index (χ4n) is 2.19. The van der Waals surface area contributed by atoms with Crippen molar-refractivity contribution in [1.82, 2.24) is 10.9 Å². The van der Waals surface area contributed by atoms with Crippen LogP contribution in [-0.4, -0.2) is 31.7 Å². The number of nitrogens with two attached hydrogens (primary N) is 1. The summed E-state index contributed by atoms with van der Waals surface area (Å²) in [5.74, 6) is -1.13. The van der Waals surface area contributed by atoms with Crippen LogP contribution in [0.5, 0.6) is 0 Å². The van der Waals surface area contributed by atoms with Gasteiger partial charge in [0.1, 0.15) is 5.69 Å². The molecule has 5 N–H and O–H groups in total. The van der Waals surface area contributed by atoms with E-state index in [2.05, 4.69) is 16.2 Å². The third-order valence-corrected chi connectivity index (χ3v) is 4.71. The summed E-state index contributed by atoms with van der Waals surface area (Å²) in [6, 6.07) is 9.22. The number of hydrazine groups is 1. The Hall–Kier alpha value is -3.22. The first kappa shape index (κ1) is 22.1. The number of carbonyl (C=O) groups is 2. The van der Waals surface area contributed by atoms with Gasteiger partial charge in [-0.2, -0.15) is 0 Å². The lowest BCUT2D eigenvalue weighted by Crippen LogP contribution is -2.42. The molecule has 0 saturated carbocycles. The number of anilines is 1. The minimum Gasteiger partial charge on any atom is -0.379 e. The zero-order valence-corrected chi connectivity index (χ0v) is 16.3. The lowest BCUT2D eigenvalue weighted by molar-refractivity contribution is -0.384. The number of nitro benzene ring substituents is 1. The van der Waals surface area contributed by atoms with Crippen LogP contribution in [0.2, 0.25) is 5.02 Å². The Balaban J connectivity index is 1.90. The van der Waals surface area contributed by atoms with Crippen LogP contribution in [0.4, 0.5) is 11.4 Å². The zero-order chi connectivity index (χ0) is 21.6. The largest absolute Gasteiger partial charge is 0.379 e. The molecule has 29 heavy (non-hydrogen) atoms. The first-order valence-corrected chi connectivity index (χ1v) is 9.90. The van der Waals surface area contributed by atoms with Gasteiger partial charge in [-0.05, 0) is 30.3 Å². The first-order chi connectivity index (χ1) is 13.6. The fourth-order valence-corrected chi connectivity index (χ4v) is 2.91. The predicted molar refractivity (Wildman–Crippen MR) is 105 cm³/mol. The molecule has 0 aliphatic carbocycles. The molecular formula is C16H16ClN5O6S. The van der Waals surface area contributed by atoms with Crippen molar-refractivity contribution in [2.24, 2.45) is 5.14 Å².